The van der Waals surface area contributed by atoms with Gasteiger partial charge in [-0.05, 0) is 53.7 Å². The number of aliphatic hydroxyl groups is 1. The van der Waals surface area contributed by atoms with Crippen molar-refractivity contribution in [1.82, 2.24) is 9.97 Å². The molecule has 7 nitrogen and oxygen atoms in total. The third kappa shape index (κ3) is 6.24. The molecule has 10 heteroatoms. The third-order valence-electron chi connectivity index (χ3n) is 5.82. The predicted molar refractivity (Wildman–Crippen MR) is 136 cm³/mol. The largest absolute Gasteiger partial charge is 0.490 e. The van der Waals surface area contributed by atoms with Gasteiger partial charge in [-0.2, -0.15) is 8.78 Å². The quantitative estimate of drug-likeness (QED) is 0.286. The first-order chi connectivity index (χ1) is 17.4. The molecule has 3 rings (SSSR count). The molecule has 202 valence electrons. The summed E-state index contributed by atoms with van der Waals surface area (Å²) < 4.78 is 61.9. The molecule has 1 heterocycles. The number of anilines is 1. The smallest absolute Gasteiger partial charge is 0.303 e. The first-order valence-corrected chi connectivity index (χ1v) is 12.2. The van der Waals surface area contributed by atoms with Crippen molar-refractivity contribution < 1.29 is 32.5 Å². The Balaban J connectivity index is 2.01. The summed E-state index contributed by atoms with van der Waals surface area (Å²) in [5.74, 6) is -3.08. The van der Waals surface area contributed by atoms with Crippen LogP contribution in [0.5, 0.6) is 11.5 Å². The Hall–Kier alpha value is -3.11. The maximum atomic E-state index is 15.3. The average Bonchev–Trinajstić information content (AvgIpc) is 2.81. The Labute approximate surface area is 215 Å². The zero-order valence-electron chi connectivity index (χ0n) is 22.0. The van der Waals surface area contributed by atoms with Crippen molar-refractivity contribution in [2.75, 3.05) is 31.7 Å². The van der Waals surface area contributed by atoms with Gasteiger partial charge >= 0.3 is 5.92 Å². The lowest BCUT2D eigenvalue weighted by Gasteiger charge is -2.30. The standard InChI is InChI=1S/C27H34F3N3O4/c1-7-35-12-13-37-22-14-19-21(15-23(22)36-8-2)32-17(4)33-25(19)31-16(3)18-10-9-11-20(24(18)28)27(29,30)26(5,6)34/h9-11,14-16,34H,7-8,12-13H2,1-6H3,(H,31,32,33)/t16-/m1/s1. The highest BCUT2D eigenvalue weighted by atomic mass is 19.3. The minimum absolute atomic E-state index is 0.00460. The molecule has 1 aromatic heterocycles. The molecule has 2 aromatic carbocycles. The first-order valence-electron chi connectivity index (χ1n) is 12.2. The SMILES string of the molecule is CCOCCOc1cc2c(N[C@H](C)c3cccc(C(F)(F)C(C)(C)O)c3F)nc(C)nc2cc1OCC. The van der Waals surface area contributed by atoms with Crippen LogP contribution in [0.25, 0.3) is 10.9 Å². The van der Waals surface area contributed by atoms with Gasteiger partial charge in [0.1, 0.15) is 29.7 Å². The van der Waals surface area contributed by atoms with Gasteiger partial charge < -0.3 is 24.6 Å². The number of alkyl halides is 2. The second-order valence-electron chi connectivity index (χ2n) is 9.12. The van der Waals surface area contributed by atoms with E-state index in [1.807, 2.05) is 13.8 Å². The van der Waals surface area contributed by atoms with Gasteiger partial charge in [0.25, 0.3) is 0 Å². The molecule has 1 atom stereocenters. The van der Waals surface area contributed by atoms with E-state index in [1.165, 1.54) is 12.1 Å². The van der Waals surface area contributed by atoms with E-state index in [2.05, 4.69) is 15.3 Å². The summed E-state index contributed by atoms with van der Waals surface area (Å²) in [6, 6.07) is 6.47. The molecule has 0 fully saturated rings. The summed E-state index contributed by atoms with van der Waals surface area (Å²) in [7, 11) is 0. The van der Waals surface area contributed by atoms with Crippen molar-refractivity contribution in [2.45, 2.75) is 59.1 Å². The molecule has 0 aliphatic rings. The number of aryl methyl sites for hydroxylation is 1. The zero-order valence-corrected chi connectivity index (χ0v) is 22.0. The normalized spacial score (nSPS) is 13.0. The fourth-order valence-corrected chi connectivity index (χ4v) is 3.84. The van der Waals surface area contributed by atoms with E-state index >= 15 is 4.39 Å². The lowest BCUT2D eigenvalue weighted by molar-refractivity contribution is -0.170. The van der Waals surface area contributed by atoms with Crippen LogP contribution in [0.1, 0.15) is 57.6 Å². The number of hydrogen-bond acceptors (Lipinski definition) is 7. The molecule has 2 N–H and O–H groups in total. The molecular formula is C27H34F3N3O4. The first kappa shape index (κ1) is 28.5. The van der Waals surface area contributed by atoms with Gasteiger partial charge in [0.15, 0.2) is 11.5 Å². The molecule has 0 aliphatic carbocycles. The maximum Gasteiger partial charge on any atom is 0.303 e. The van der Waals surface area contributed by atoms with Crippen LogP contribution in [0, 0.1) is 12.7 Å². The molecule has 0 saturated carbocycles. The highest BCUT2D eigenvalue weighted by molar-refractivity contribution is 5.92. The molecule has 0 bridgehead atoms. The summed E-state index contributed by atoms with van der Waals surface area (Å²) in [5.41, 5.74) is -2.74. The number of aromatic nitrogens is 2. The van der Waals surface area contributed by atoms with Crippen LogP contribution < -0.4 is 14.8 Å². The van der Waals surface area contributed by atoms with Crippen LogP contribution in [0.4, 0.5) is 19.0 Å². The van der Waals surface area contributed by atoms with Gasteiger partial charge in [-0.25, -0.2) is 14.4 Å². The number of fused-ring (bicyclic) bond motifs is 1. The van der Waals surface area contributed by atoms with E-state index in [0.717, 1.165) is 19.9 Å². The van der Waals surface area contributed by atoms with Crippen LogP contribution in [-0.2, 0) is 10.7 Å². The fraction of sp³-hybridized carbons (Fsp3) is 0.481. The summed E-state index contributed by atoms with van der Waals surface area (Å²) in [4.78, 5) is 8.97. The number of nitrogens with zero attached hydrogens (tertiary/aromatic N) is 2. The number of ether oxygens (including phenoxy) is 3. The lowest BCUT2D eigenvalue weighted by Crippen LogP contribution is -2.41. The Morgan fingerprint density at radius 2 is 1.73 bits per heavy atom. The van der Waals surface area contributed by atoms with Gasteiger partial charge in [0.05, 0.1) is 30.3 Å². The molecule has 0 saturated heterocycles. The van der Waals surface area contributed by atoms with E-state index < -0.39 is 28.9 Å². The van der Waals surface area contributed by atoms with Crippen LogP contribution in [0.15, 0.2) is 30.3 Å². The minimum atomic E-state index is -3.80. The molecular weight excluding hydrogens is 487 g/mol. The van der Waals surface area contributed by atoms with Gasteiger partial charge in [0, 0.05) is 23.6 Å². The predicted octanol–water partition coefficient (Wildman–Crippen LogP) is 5.93. The molecule has 0 unspecified atom stereocenters. The Bertz CT molecular complexity index is 1230. The summed E-state index contributed by atoms with van der Waals surface area (Å²) in [6.07, 6.45) is 0. The van der Waals surface area contributed by atoms with Gasteiger partial charge in [0.2, 0.25) is 0 Å². The average molecular weight is 522 g/mol. The van der Waals surface area contributed by atoms with Crippen molar-refractivity contribution >= 4 is 16.7 Å². The molecule has 37 heavy (non-hydrogen) atoms. The highest BCUT2D eigenvalue weighted by Crippen LogP contribution is 2.42. The van der Waals surface area contributed by atoms with Gasteiger partial charge in [-0.15, -0.1) is 0 Å². The zero-order chi connectivity index (χ0) is 27.4. The van der Waals surface area contributed by atoms with E-state index in [9.17, 15) is 13.9 Å². The Morgan fingerprint density at radius 3 is 2.38 bits per heavy atom. The van der Waals surface area contributed by atoms with Crippen LogP contribution in [-0.4, -0.2) is 47.1 Å². The molecule has 0 spiro atoms. The summed E-state index contributed by atoms with van der Waals surface area (Å²) in [6.45, 7) is 10.7. The number of nitrogens with one attached hydrogen (secondary N) is 1. The van der Waals surface area contributed by atoms with Crippen LogP contribution in [0.2, 0.25) is 0 Å². The van der Waals surface area contributed by atoms with E-state index in [-0.39, 0.29) is 5.56 Å². The van der Waals surface area contributed by atoms with E-state index in [1.54, 1.807) is 26.0 Å². The fourth-order valence-electron chi connectivity index (χ4n) is 3.84. The number of hydrogen-bond donors (Lipinski definition) is 2. The number of halogens is 3. The number of rotatable bonds is 12. The minimum Gasteiger partial charge on any atom is -0.490 e. The molecule has 3 aromatic rings. The van der Waals surface area contributed by atoms with Crippen molar-refractivity contribution in [3.8, 4) is 11.5 Å². The van der Waals surface area contributed by atoms with Crippen molar-refractivity contribution in [2.24, 2.45) is 0 Å². The van der Waals surface area contributed by atoms with Crippen molar-refractivity contribution in [3.63, 3.8) is 0 Å². The second kappa shape index (κ2) is 11.5. The Kier molecular flexibility index (Phi) is 8.86. The summed E-state index contributed by atoms with van der Waals surface area (Å²) in [5, 5.41) is 13.7. The summed E-state index contributed by atoms with van der Waals surface area (Å²) >= 11 is 0. The van der Waals surface area contributed by atoms with Crippen molar-refractivity contribution in [3.05, 3.63) is 53.1 Å². The van der Waals surface area contributed by atoms with Crippen LogP contribution >= 0.6 is 0 Å². The topological polar surface area (TPSA) is 85.7 Å². The lowest BCUT2D eigenvalue weighted by atomic mass is 9.91. The molecule has 0 radical (unpaired) electrons. The van der Waals surface area contributed by atoms with E-state index in [0.29, 0.717) is 60.5 Å². The van der Waals surface area contributed by atoms with E-state index in [4.69, 9.17) is 14.2 Å². The second-order valence-corrected chi connectivity index (χ2v) is 9.12. The molecule has 0 amide bonds. The van der Waals surface area contributed by atoms with Gasteiger partial charge in [-0.1, -0.05) is 12.1 Å². The van der Waals surface area contributed by atoms with Gasteiger partial charge in [-0.3, -0.25) is 0 Å². The molecule has 0 aliphatic heterocycles. The Morgan fingerprint density at radius 1 is 1.03 bits per heavy atom. The maximum absolute atomic E-state index is 15.3. The van der Waals surface area contributed by atoms with Crippen molar-refractivity contribution in [1.29, 1.82) is 0 Å². The third-order valence-corrected chi connectivity index (χ3v) is 5.82. The van der Waals surface area contributed by atoms with Crippen LogP contribution in [0.3, 0.4) is 0 Å². The monoisotopic (exact) mass is 521 g/mol. The highest BCUT2D eigenvalue weighted by Gasteiger charge is 2.49. The number of benzene rings is 2.